The van der Waals surface area contributed by atoms with Crippen LogP contribution in [-0.2, 0) is 15.3 Å². The molecule has 0 atom stereocenters. The SMILES string of the molecule is CC(C)(C)OC(=O)CSCc1c(N)cccc1Cl. The van der Waals surface area contributed by atoms with Gasteiger partial charge in [0.2, 0.25) is 0 Å². The fraction of sp³-hybridized carbons (Fsp3) is 0.462. The second kappa shape index (κ2) is 6.34. The predicted molar refractivity (Wildman–Crippen MR) is 77.9 cm³/mol. The van der Waals surface area contributed by atoms with Crippen molar-refractivity contribution in [1.82, 2.24) is 0 Å². The van der Waals surface area contributed by atoms with E-state index in [1.165, 1.54) is 11.8 Å². The monoisotopic (exact) mass is 287 g/mol. The molecule has 0 aliphatic rings. The molecular weight excluding hydrogens is 270 g/mol. The number of thioether (sulfide) groups is 1. The van der Waals surface area contributed by atoms with Crippen LogP contribution < -0.4 is 5.73 Å². The van der Waals surface area contributed by atoms with Crippen LogP contribution in [0.15, 0.2) is 18.2 Å². The first-order chi connectivity index (χ1) is 8.29. The lowest BCUT2D eigenvalue weighted by Gasteiger charge is -2.19. The van der Waals surface area contributed by atoms with E-state index in [0.717, 1.165) is 5.56 Å². The van der Waals surface area contributed by atoms with E-state index in [2.05, 4.69) is 0 Å². The Morgan fingerprint density at radius 3 is 2.67 bits per heavy atom. The van der Waals surface area contributed by atoms with Gasteiger partial charge >= 0.3 is 5.97 Å². The van der Waals surface area contributed by atoms with Crippen LogP contribution in [-0.4, -0.2) is 17.3 Å². The summed E-state index contributed by atoms with van der Waals surface area (Å²) < 4.78 is 5.21. The van der Waals surface area contributed by atoms with Gasteiger partial charge in [-0.15, -0.1) is 11.8 Å². The molecule has 0 saturated heterocycles. The maximum Gasteiger partial charge on any atom is 0.316 e. The summed E-state index contributed by atoms with van der Waals surface area (Å²) in [7, 11) is 0. The summed E-state index contributed by atoms with van der Waals surface area (Å²) in [5.41, 5.74) is 6.90. The quantitative estimate of drug-likeness (QED) is 0.680. The maximum atomic E-state index is 11.5. The molecule has 0 aromatic heterocycles. The number of rotatable bonds is 4. The highest BCUT2D eigenvalue weighted by atomic mass is 35.5. The number of carbonyl (C=O) groups is 1. The third-order valence-electron chi connectivity index (χ3n) is 2.04. The lowest BCUT2D eigenvalue weighted by molar-refractivity contribution is -0.151. The Labute approximate surface area is 117 Å². The van der Waals surface area contributed by atoms with Gasteiger partial charge in [0, 0.05) is 22.0 Å². The molecule has 1 aromatic rings. The Bertz CT molecular complexity index is 409. The van der Waals surface area contributed by atoms with Gasteiger partial charge < -0.3 is 10.5 Å². The number of hydrogen-bond donors (Lipinski definition) is 1. The predicted octanol–water partition coefficient (Wildman–Crippen LogP) is 3.50. The molecule has 3 nitrogen and oxygen atoms in total. The molecule has 1 rings (SSSR count). The zero-order chi connectivity index (χ0) is 13.8. The van der Waals surface area contributed by atoms with Crippen LogP contribution in [0, 0.1) is 0 Å². The van der Waals surface area contributed by atoms with Crippen LogP contribution in [0.25, 0.3) is 0 Å². The first kappa shape index (κ1) is 15.2. The Morgan fingerprint density at radius 1 is 1.44 bits per heavy atom. The van der Waals surface area contributed by atoms with Crippen molar-refractivity contribution in [3.63, 3.8) is 0 Å². The number of halogens is 1. The molecule has 100 valence electrons. The number of benzene rings is 1. The standard InChI is InChI=1S/C13H18ClNO2S/c1-13(2,3)17-12(16)8-18-7-9-10(14)5-4-6-11(9)15/h4-6H,7-8,15H2,1-3H3. The van der Waals surface area contributed by atoms with E-state index in [1.807, 2.05) is 20.8 Å². The van der Waals surface area contributed by atoms with Crippen molar-refractivity contribution in [2.45, 2.75) is 32.1 Å². The summed E-state index contributed by atoms with van der Waals surface area (Å²) in [5, 5.41) is 0.631. The van der Waals surface area contributed by atoms with E-state index in [-0.39, 0.29) is 5.97 Å². The summed E-state index contributed by atoms with van der Waals surface area (Å²) in [5.74, 6) is 0.672. The zero-order valence-electron chi connectivity index (χ0n) is 10.8. The van der Waals surface area contributed by atoms with Crippen molar-refractivity contribution < 1.29 is 9.53 Å². The number of esters is 1. The highest BCUT2D eigenvalue weighted by Crippen LogP contribution is 2.26. The largest absolute Gasteiger partial charge is 0.459 e. The molecule has 0 spiro atoms. The molecule has 1 aromatic carbocycles. The lowest BCUT2D eigenvalue weighted by atomic mass is 10.2. The number of nitrogens with two attached hydrogens (primary N) is 1. The Hall–Kier alpha value is -0.870. The molecule has 0 heterocycles. The number of nitrogen functional groups attached to an aromatic ring is 1. The van der Waals surface area contributed by atoms with Crippen molar-refractivity contribution in [3.8, 4) is 0 Å². The van der Waals surface area contributed by atoms with Crippen LogP contribution in [0.5, 0.6) is 0 Å². The number of ether oxygens (including phenoxy) is 1. The molecule has 0 amide bonds. The second-order valence-corrected chi connectivity index (χ2v) is 6.28. The third-order valence-corrected chi connectivity index (χ3v) is 3.33. The third kappa shape index (κ3) is 5.19. The van der Waals surface area contributed by atoms with E-state index in [4.69, 9.17) is 22.1 Å². The highest BCUT2D eigenvalue weighted by molar-refractivity contribution is 7.99. The molecule has 0 aliphatic carbocycles. The van der Waals surface area contributed by atoms with Crippen LogP contribution in [0.2, 0.25) is 5.02 Å². The van der Waals surface area contributed by atoms with Gasteiger partial charge in [0.05, 0.1) is 5.75 Å². The fourth-order valence-corrected chi connectivity index (χ4v) is 2.52. The van der Waals surface area contributed by atoms with Crippen molar-refractivity contribution in [3.05, 3.63) is 28.8 Å². The van der Waals surface area contributed by atoms with Gasteiger partial charge in [-0.1, -0.05) is 17.7 Å². The summed E-state index contributed by atoms with van der Waals surface area (Å²) in [4.78, 5) is 11.5. The van der Waals surface area contributed by atoms with Gasteiger partial charge in [0.1, 0.15) is 5.60 Å². The summed E-state index contributed by atoms with van der Waals surface area (Å²) in [6.07, 6.45) is 0. The second-order valence-electron chi connectivity index (χ2n) is 4.89. The van der Waals surface area contributed by atoms with Crippen molar-refractivity contribution in [2.24, 2.45) is 0 Å². The molecule has 0 saturated carbocycles. The molecule has 0 radical (unpaired) electrons. The number of carbonyl (C=O) groups excluding carboxylic acids is 1. The van der Waals surface area contributed by atoms with E-state index in [1.54, 1.807) is 18.2 Å². The number of anilines is 1. The minimum atomic E-state index is -0.443. The molecule has 0 aliphatic heterocycles. The topological polar surface area (TPSA) is 52.3 Å². The average molecular weight is 288 g/mol. The Kier molecular flexibility index (Phi) is 5.35. The van der Waals surface area contributed by atoms with E-state index in [0.29, 0.717) is 22.2 Å². The smallest absolute Gasteiger partial charge is 0.316 e. The van der Waals surface area contributed by atoms with Crippen LogP contribution in [0.3, 0.4) is 0 Å². The summed E-state index contributed by atoms with van der Waals surface area (Å²) in [6.45, 7) is 5.55. The molecule has 18 heavy (non-hydrogen) atoms. The minimum absolute atomic E-state index is 0.224. The van der Waals surface area contributed by atoms with Gasteiger partial charge in [-0.3, -0.25) is 4.79 Å². The zero-order valence-corrected chi connectivity index (χ0v) is 12.4. The Balaban J connectivity index is 2.45. The van der Waals surface area contributed by atoms with Crippen molar-refractivity contribution in [2.75, 3.05) is 11.5 Å². The van der Waals surface area contributed by atoms with Gasteiger partial charge in [-0.2, -0.15) is 0 Å². The van der Waals surface area contributed by atoms with E-state index < -0.39 is 5.60 Å². The van der Waals surface area contributed by atoms with Crippen LogP contribution in [0.4, 0.5) is 5.69 Å². The van der Waals surface area contributed by atoms with Crippen LogP contribution >= 0.6 is 23.4 Å². The molecule has 2 N–H and O–H groups in total. The van der Waals surface area contributed by atoms with Crippen LogP contribution in [0.1, 0.15) is 26.3 Å². The molecule has 0 fully saturated rings. The fourth-order valence-electron chi connectivity index (χ4n) is 1.34. The first-order valence-corrected chi connectivity index (χ1v) is 7.15. The van der Waals surface area contributed by atoms with Crippen molar-refractivity contribution in [1.29, 1.82) is 0 Å². The molecule has 0 unspecified atom stereocenters. The van der Waals surface area contributed by atoms with Crippen molar-refractivity contribution >= 4 is 35.0 Å². The minimum Gasteiger partial charge on any atom is -0.459 e. The first-order valence-electron chi connectivity index (χ1n) is 5.62. The normalized spacial score (nSPS) is 11.3. The van der Waals surface area contributed by atoms with Gasteiger partial charge in [0.15, 0.2) is 0 Å². The summed E-state index contributed by atoms with van der Waals surface area (Å²) >= 11 is 7.49. The van der Waals surface area contributed by atoms with Gasteiger partial charge in [-0.25, -0.2) is 0 Å². The van der Waals surface area contributed by atoms with E-state index >= 15 is 0 Å². The average Bonchev–Trinajstić information content (AvgIpc) is 2.19. The van der Waals surface area contributed by atoms with Gasteiger partial charge in [0.25, 0.3) is 0 Å². The van der Waals surface area contributed by atoms with E-state index in [9.17, 15) is 4.79 Å². The molecular formula is C13H18ClNO2S. The lowest BCUT2D eigenvalue weighted by Crippen LogP contribution is -2.24. The van der Waals surface area contributed by atoms with Gasteiger partial charge in [-0.05, 0) is 32.9 Å². The highest BCUT2D eigenvalue weighted by Gasteiger charge is 2.16. The molecule has 0 bridgehead atoms. The maximum absolute atomic E-state index is 11.5. The molecule has 5 heteroatoms. The summed E-state index contributed by atoms with van der Waals surface area (Å²) in [6, 6.07) is 5.40. The number of hydrogen-bond acceptors (Lipinski definition) is 4. The Morgan fingerprint density at radius 2 is 2.11 bits per heavy atom.